The molecule has 148 valence electrons. The van der Waals surface area contributed by atoms with Crippen molar-refractivity contribution in [2.24, 2.45) is 0 Å². The van der Waals surface area contributed by atoms with Crippen LogP contribution in [0.5, 0.6) is 0 Å². The van der Waals surface area contributed by atoms with Crippen LogP contribution in [0, 0.1) is 0 Å². The summed E-state index contributed by atoms with van der Waals surface area (Å²) < 4.78 is 30.4. The molecule has 0 saturated carbocycles. The number of carbonyl (C=O) groups is 1. The van der Waals surface area contributed by atoms with Gasteiger partial charge >= 0.3 is 0 Å². The van der Waals surface area contributed by atoms with Crippen LogP contribution in [-0.4, -0.2) is 20.9 Å². The average molecular weight is 463 g/mol. The highest BCUT2D eigenvalue weighted by atomic mass is 79.9. The number of amides is 1. The Labute approximate surface area is 174 Å². The van der Waals surface area contributed by atoms with Crippen molar-refractivity contribution in [3.8, 4) is 0 Å². The van der Waals surface area contributed by atoms with Crippen LogP contribution < -0.4 is 9.62 Å². The van der Waals surface area contributed by atoms with Crippen LogP contribution in [0.25, 0.3) is 0 Å². The molecule has 2 aliphatic rings. The molecule has 1 unspecified atom stereocenters. The Hall–Kier alpha value is -1.70. The predicted octanol–water partition coefficient (Wildman–Crippen LogP) is 4.10. The summed E-state index contributed by atoms with van der Waals surface area (Å²) in [7, 11) is -3.80. The molecule has 7 heteroatoms. The second-order valence-electron chi connectivity index (χ2n) is 7.33. The van der Waals surface area contributed by atoms with Gasteiger partial charge in [0.05, 0.1) is 5.69 Å². The zero-order chi connectivity index (χ0) is 19.9. The number of hydrogen-bond acceptors (Lipinski definition) is 3. The Morgan fingerprint density at radius 3 is 2.79 bits per heavy atom. The lowest BCUT2D eigenvalue weighted by Gasteiger charge is -2.27. The summed E-state index contributed by atoms with van der Waals surface area (Å²) in [5, 5.41) is 0. The number of rotatable bonds is 4. The maximum atomic E-state index is 13.4. The molecule has 28 heavy (non-hydrogen) atoms. The highest BCUT2D eigenvalue weighted by Crippen LogP contribution is 2.39. The molecule has 1 aliphatic carbocycles. The van der Waals surface area contributed by atoms with E-state index in [4.69, 9.17) is 0 Å². The van der Waals surface area contributed by atoms with Gasteiger partial charge in [-0.1, -0.05) is 47.1 Å². The van der Waals surface area contributed by atoms with Crippen LogP contribution in [0.15, 0.2) is 45.8 Å². The molecule has 5 nitrogen and oxygen atoms in total. The number of hydrogen-bond donors (Lipinski definition) is 1. The first-order valence-corrected chi connectivity index (χ1v) is 11.9. The van der Waals surface area contributed by atoms with Crippen LogP contribution in [0.1, 0.15) is 48.9 Å². The fourth-order valence-corrected chi connectivity index (χ4v) is 6.42. The lowest BCUT2D eigenvalue weighted by Crippen LogP contribution is -2.34. The van der Waals surface area contributed by atoms with E-state index in [0.29, 0.717) is 29.5 Å². The van der Waals surface area contributed by atoms with Gasteiger partial charge in [-0.2, -0.15) is 0 Å². The first kappa shape index (κ1) is 19.6. The number of halogens is 1. The second-order valence-corrected chi connectivity index (χ2v) is 9.92. The minimum absolute atomic E-state index is 0.0551. The molecule has 1 amide bonds. The minimum atomic E-state index is -3.80. The van der Waals surface area contributed by atoms with Crippen molar-refractivity contribution in [3.63, 3.8) is 0 Å². The Bertz CT molecular complexity index is 1040. The van der Waals surface area contributed by atoms with Crippen molar-refractivity contribution < 1.29 is 13.2 Å². The van der Waals surface area contributed by atoms with Crippen LogP contribution in [0.4, 0.5) is 5.69 Å². The van der Waals surface area contributed by atoms with Crippen LogP contribution >= 0.6 is 15.9 Å². The highest BCUT2D eigenvalue weighted by Gasteiger charge is 2.34. The Kier molecular flexibility index (Phi) is 5.33. The molecule has 0 spiro atoms. The molecule has 1 aliphatic heterocycles. The Morgan fingerprint density at radius 2 is 2.00 bits per heavy atom. The molecule has 2 aromatic rings. The van der Waals surface area contributed by atoms with E-state index in [0.717, 1.165) is 30.4 Å². The van der Waals surface area contributed by atoms with Crippen LogP contribution in [-0.2, 0) is 27.7 Å². The summed E-state index contributed by atoms with van der Waals surface area (Å²) in [6.45, 7) is 2.32. The maximum Gasteiger partial charge on any atom is 0.243 e. The minimum Gasteiger partial charge on any atom is -0.310 e. The molecule has 1 heterocycles. The predicted molar refractivity (Wildman–Crippen MR) is 113 cm³/mol. The van der Waals surface area contributed by atoms with E-state index in [-0.39, 0.29) is 16.8 Å². The van der Waals surface area contributed by atoms with Gasteiger partial charge in [-0.15, -0.1) is 0 Å². The van der Waals surface area contributed by atoms with Crippen molar-refractivity contribution >= 4 is 37.5 Å². The number of sulfonamides is 1. The van der Waals surface area contributed by atoms with E-state index < -0.39 is 10.0 Å². The molecular weight excluding hydrogens is 440 g/mol. The number of carbonyl (C=O) groups excluding carboxylic acids is 1. The largest absolute Gasteiger partial charge is 0.310 e. The van der Waals surface area contributed by atoms with E-state index in [1.54, 1.807) is 17.9 Å². The lowest BCUT2D eigenvalue weighted by atomic mass is 9.88. The molecule has 0 saturated heterocycles. The van der Waals surface area contributed by atoms with Gasteiger partial charge in [0, 0.05) is 23.5 Å². The quantitative estimate of drug-likeness (QED) is 0.743. The van der Waals surface area contributed by atoms with Gasteiger partial charge in [-0.25, -0.2) is 13.1 Å². The van der Waals surface area contributed by atoms with Crippen molar-refractivity contribution in [1.29, 1.82) is 0 Å². The lowest BCUT2D eigenvalue weighted by molar-refractivity contribution is -0.118. The molecule has 2 aromatic carbocycles. The van der Waals surface area contributed by atoms with Crippen molar-refractivity contribution in [2.45, 2.75) is 50.0 Å². The van der Waals surface area contributed by atoms with E-state index in [9.17, 15) is 13.2 Å². The van der Waals surface area contributed by atoms with E-state index >= 15 is 0 Å². The summed E-state index contributed by atoms with van der Waals surface area (Å²) in [5.74, 6) is -0.0551. The Balaban J connectivity index is 1.75. The third-order valence-corrected chi connectivity index (χ3v) is 7.50. The van der Waals surface area contributed by atoms with Gasteiger partial charge in [-0.05, 0) is 54.5 Å². The molecular formula is C21H23BrN2O3S. The van der Waals surface area contributed by atoms with E-state index in [1.165, 1.54) is 5.56 Å². The third kappa shape index (κ3) is 3.51. The fourth-order valence-electron chi connectivity index (χ4n) is 4.24. The molecule has 4 rings (SSSR count). The van der Waals surface area contributed by atoms with Gasteiger partial charge in [-0.3, -0.25) is 4.79 Å². The van der Waals surface area contributed by atoms with Gasteiger partial charge in [0.15, 0.2) is 0 Å². The SMILES string of the molecule is CCC(=O)N1CCc2cc(Br)cc(S(=O)(=O)NC3CCCc4ccccc43)c21. The van der Waals surface area contributed by atoms with Crippen LogP contribution in [0.3, 0.4) is 0 Å². The van der Waals surface area contributed by atoms with Gasteiger partial charge in [0.1, 0.15) is 4.90 Å². The van der Waals surface area contributed by atoms with E-state index in [1.807, 2.05) is 24.3 Å². The molecule has 0 radical (unpaired) electrons. The zero-order valence-electron chi connectivity index (χ0n) is 15.7. The number of nitrogens with one attached hydrogen (secondary N) is 1. The standard InChI is InChI=1S/C21H23BrN2O3S/c1-2-20(25)24-11-10-15-12-16(22)13-19(21(15)24)28(26,27)23-18-9-5-7-14-6-3-4-8-17(14)18/h3-4,6,8,12-13,18,23H,2,5,7,9-11H2,1H3. The molecule has 0 fully saturated rings. The van der Waals surface area contributed by atoms with Crippen molar-refractivity contribution in [3.05, 3.63) is 57.6 Å². The summed E-state index contributed by atoms with van der Waals surface area (Å²) in [6.07, 6.45) is 3.69. The first-order valence-electron chi connectivity index (χ1n) is 9.63. The number of benzene rings is 2. The number of nitrogens with zero attached hydrogens (tertiary/aromatic N) is 1. The molecule has 0 bridgehead atoms. The molecule has 1 N–H and O–H groups in total. The zero-order valence-corrected chi connectivity index (χ0v) is 18.1. The monoisotopic (exact) mass is 462 g/mol. The number of fused-ring (bicyclic) bond motifs is 2. The second kappa shape index (κ2) is 7.61. The smallest absolute Gasteiger partial charge is 0.243 e. The summed E-state index contributed by atoms with van der Waals surface area (Å²) in [6, 6.07) is 11.3. The fraction of sp³-hybridized carbons (Fsp3) is 0.381. The average Bonchev–Trinajstić information content (AvgIpc) is 3.10. The topological polar surface area (TPSA) is 66.5 Å². The van der Waals surface area contributed by atoms with Gasteiger partial charge < -0.3 is 4.90 Å². The maximum absolute atomic E-state index is 13.4. The summed E-state index contributed by atoms with van der Waals surface area (Å²) in [5.41, 5.74) is 3.67. The van der Waals surface area contributed by atoms with Crippen molar-refractivity contribution in [2.75, 3.05) is 11.4 Å². The van der Waals surface area contributed by atoms with Crippen LogP contribution in [0.2, 0.25) is 0 Å². The number of aryl methyl sites for hydroxylation is 1. The summed E-state index contributed by atoms with van der Waals surface area (Å²) in [4.78, 5) is 14.2. The Morgan fingerprint density at radius 1 is 1.21 bits per heavy atom. The van der Waals surface area contributed by atoms with E-state index in [2.05, 4.69) is 26.7 Å². The molecule has 1 atom stereocenters. The normalized spacial score (nSPS) is 18.6. The van der Waals surface area contributed by atoms with Crippen molar-refractivity contribution in [1.82, 2.24) is 4.72 Å². The first-order chi connectivity index (χ1) is 13.4. The summed E-state index contributed by atoms with van der Waals surface area (Å²) >= 11 is 3.44. The van der Waals surface area contributed by atoms with Gasteiger partial charge in [0.25, 0.3) is 0 Å². The van der Waals surface area contributed by atoms with Gasteiger partial charge in [0.2, 0.25) is 15.9 Å². The highest BCUT2D eigenvalue weighted by molar-refractivity contribution is 9.10. The molecule has 0 aromatic heterocycles. The number of anilines is 1. The third-order valence-electron chi connectivity index (χ3n) is 5.55.